The first-order valence-corrected chi connectivity index (χ1v) is 11.1. The smallest absolute Gasteiger partial charge is 0.262 e. The molecule has 3 aromatic rings. The van der Waals surface area contributed by atoms with E-state index >= 15 is 0 Å². The van der Waals surface area contributed by atoms with Crippen molar-refractivity contribution in [3.05, 3.63) is 58.8 Å². The highest BCUT2D eigenvalue weighted by atomic mass is 32.2. The highest BCUT2D eigenvalue weighted by Gasteiger charge is 2.26. The van der Waals surface area contributed by atoms with Gasteiger partial charge in [0.2, 0.25) is 0 Å². The second-order valence-electron chi connectivity index (χ2n) is 7.36. The zero-order valence-corrected chi connectivity index (χ0v) is 17.2. The number of aryl methyl sites for hydroxylation is 2. The Hall–Kier alpha value is -2.93. The molecule has 0 unspecified atom stereocenters. The molecule has 0 radical (unpaired) electrons. The Morgan fingerprint density at radius 2 is 1.97 bits per heavy atom. The lowest BCUT2D eigenvalue weighted by Gasteiger charge is -2.13. The number of ketones is 2. The summed E-state index contributed by atoms with van der Waals surface area (Å²) in [4.78, 5) is 27.4. The van der Waals surface area contributed by atoms with Gasteiger partial charge in [0.15, 0.2) is 11.6 Å². The van der Waals surface area contributed by atoms with E-state index in [4.69, 9.17) is 0 Å². The van der Waals surface area contributed by atoms with E-state index in [-0.39, 0.29) is 16.5 Å². The first kappa shape index (κ1) is 19.4. The molecule has 7 heteroatoms. The first-order chi connectivity index (χ1) is 13.8. The van der Waals surface area contributed by atoms with Crippen LogP contribution in [-0.4, -0.2) is 25.0 Å². The van der Waals surface area contributed by atoms with Crippen LogP contribution >= 0.6 is 0 Å². The fourth-order valence-electron chi connectivity index (χ4n) is 3.92. The van der Waals surface area contributed by atoms with E-state index < -0.39 is 10.0 Å². The quantitative estimate of drug-likeness (QED) is 0.615. The minimum absolute atomic E-state index is 0.106. The number of fused-ring (bicyclic) bond motifs is 3. The molecule has 0 saturated carbocycles. The van der Waals surface area contributed by atoms with Gasteiger partial charge in [-0.15, -0.1) is 0 Å². The van der Waals surface area contributed by atoms with Crippen LogP contribution in [0.3, 0.4) is 0 Å². The SMILES string of the molecule is CCc1cc2c3c([nH]c2cc1S(=O)(=O)Nc1cccc(C(C)=O)c1)CCCC3=O. The summed E-state index contributed by atoms with van der Waals surface area (Å²) in [5, 5.41) is 0.791. The van der Waals surface area contributed by atoms with E-state index in [0.29, 0.717) is 40.7 Å². The lowest BCUT2D eigenvalue weighted by Crippen LogP contribution is -2.15. The maximum atomic E-state index is 13.1. The van der Waals surface area contributed by atoms with E-state index in [2.05, 4.69) is 9.71 Å². The molecule has 6 nitrogen and oxygen atoms in total. The number of hydrogen-bond acceptors (Lipinski definition) is 4. The van der Waals surface area contributed by atoms with Crippen LogP contribution in [-0.2, 0) is 22.9 Å². The van der Waals surface area contributed by atoms with E-state index in [1.807, 2.05) is 13.0 Å². The minimum atomic E-state index is -3.87. The standard InChI is InChI=1S/C22H22N2O4S/c1-3-14-11-17-19(23-18-8-5-9-20(26)22(17)18)12-21(14)29(27,28)24-16-7-4-6-15(10-16)13(2)25/h4,6-7,10-12,23-24H,3,5,8-9H2,1-2H3. The summed E-state index contributed by atoms with van der Waals surface area (Å²) in [6, 6.07) is 9.84. The van der Waals surface area contributed by atoms with Crippen LogP contribution in [0.2, 0.25) is 0 Å². The summed E-state index contributed by atoms with van der Waals surface area (Å²) in [6.07, 6.45) is 2.62. The molecular weight excluding hydrogens is 388 g/mol. The van der Waals surface area contributed by atoms with Gasteiger partial charge in [0.1, 0.15) is 0 Å². The van der Waals surface area contributed by atoms with Crippen LogP contribution in [0.5, 0.6) is 0 Å². The molecule has 1 aliphatic carbocycles. The number of sulfonamides is 1. The third-order valence-electron chi connectivity index (χ3n) is 5.36. The number of anilines is 1. The zero-order valence-electron chi connectivity index (χ0n) is 16.3. The van der Waals surface area contributed by atoms with Gasteiger partial charge in [-0.3, -0.25) is 14.3 Å². The molecule has 0 aliphatic heterocycles. The van der Waals surface area contributed by atoms with Crippen molar-refractivity contribution < 1.29 is 18.0 Å². The van der Waals surface area contributed by atoms with Crippen molar-refractivity contribution >= 4 is 38.2 Å². The van der Waals surface area contributed by atoms with Gasteiger partial charge in [-0.25, -0.2) is 8.42 Å². The molecular formula is C22H22N2O4S. The van der Waals surface area contributed by atoms with Gasteiger partial charge in [0.05, 0.1) is 4.90 Å². The van der Waals surface area contributed by atoms with E-state index in [0.717, 1.165) is 23.9 Å². The molecule has 2 N–H and O–H groups in total. The Kier molecular flexibility index (Phi) is 4.78. The predicted molar refractivity (Wildman–Crippen MR) is 112 cm³/mol. The minimum Gasteiger partial charge on any atom is -0.358 e. The predicted octanol–water partition coefficient (Wildman–Crippen LogP) is 4.25. The summed E-state index contributed by atoms with van der Waals surface area (Å²) in [7, 11) is -3.87. The Morgan fingerprint density at radius 3 is 2.69 bits per heavy atom. The average molecular weight is 410 g/mol. The number of carbonyl (C=O) groups is 2. The highest BCUT2D eigenvalue weighted by molar-refractivity contribution is 7.92. The summed E-state index contributed by atoms with van der Waals surface area (Å²) in [5.41, 5.74) is 3.66. The number of benzene rings is 2. The molecule has 1 aromatic heterocycles. The molecule has 0 saturated heterocycles. The van der Waals surface area contributed by atoms with Gasteiger partial charge >= 0.3 is 0 Å². The Labute approximate surface area is 169 Å². The summed E-state index contributed by atoms with van der Waals surface area (Å²) in [5.74, 6) is -0.0299. The summed E-state index contributed by atoms with van der Waals surface area (Å²) < 4.78 is 28.9. The van der Waals surface area contributed by atoms with E-state index in [9.17, 15) is 18.0 Å². The fourth-order valence-corrected chi connectivity index (χ4v) is 5.29. The molecule has 0 amide bonds. The van der Waals surface area contributed by atoms with Crippen molar-refractivity contribution in [3.63, 3.8) is 0 Å². The van der Waals surface area contributed by atoms with E-state index in [1.165, 1.54) is 13.0 Å². The molecule has 2 aromatic carbocycles. The van der Waals surface area contributed by atoms with Gasteiger partial charge in [0.25, 0.3) is 10.0 Å². The molecule has 150 valence electrons. The number of nitrogens with one attached hydrogen (secondary N) is 2. The lowest BCUT2D eigenvalue weighted by atomic mass is 9.94. The normalized spacial score (nSPS) is 14.1. The Bertz CT molecular complexity index is 1260. The molecule has 0 fully saturated rings. The number of hydrogen-bond donors (Lipinski definition) is 2. The molecule has 1 aliphatic rings. The van der Waals surface area contributed by atoms with Crippen LogP contribution in [0.15, 0.2) is 41.3 Å². The fraction of sp³-hybridized carbons (Fsp3) is 0.273. The van der Waals surface area contributed by atoms with Crippen LogP contribution in [0, 0.1) is 0 Å². The second-order valence-corrected chi connectivity index (χ2v) is 9.01. The molecule has 1 heterocycles. The van der Waals surface area contributed by atoms with Crippen LogP contribution in [0.1, 0.15) is 58.7 Å². The van der Waals surface area contributed by atoms with Gasteiger partial charge in [-0.2, -0.15) is 0 Å². The third kappa shape index (κ3) is 3.46. The maximum absolute atomic E-state index is 13.1. The van der Waals surface area contributed by atoms with Gasteiger partial charge in [0, 0.05) is 39.8 Å². The third-order valence-corrected chi connectivity index (χ3v) is 6.82. The van der Waals surface area contributed by atoms with Gasteiger partial charge in [-0.05, 0) is 56.0 Å². The molecule has 0 spiro atoms. The lowest BCUT2D eigenvalue weighted by molar-refractivity contribution is 0.0972. The molecule has 29 heavy (non-hydrogen) atoms. The van der Waals surface area contributed by atoms with Gasteiger partial charge < -0.3 is 4.98 Å². The largest absolute Gasteiger partial charge is 0.358 e. The number of aromatic nitrogens is 1. The van der Waals surface area contributed by atoms with Crippen LogP contribution in [0.4, 0.5) is 5.69 Å². The number of carbonyl (C=O) groups excluding carboxylic acids is 2. The maximum Gasteiger partial charge on any atom is 0.262 e. The monoisotopic (exact) mass is 410 g/mol. The molecule has 0 atom stereocenters. The van der Waals surface area contributed by atoms with Crippen molar-refractivity contribution in [2.24, 2.45) is 0 Å². The van der Waals surface area contributed by atoms with Gasteiger partial charge in [-0.1, -0.05) is 19.1 Å². The van der Waals surface area contributed by atoms with Crippen molar-refractivity contribution in [1.29, 1.82) is 0 Å². The zero-order chi connectivity index (χ0) is 20.8. The summed E-state index contributed by atoms with van der Waals surface area (Å²) >= 11 is 0. The highest BCUT2D eigenvalue weighted by Crippen LogP contribution is 2.33. The van der Waals surface area contributed by atoms with Crippen molar-refractivity contribution in [3.8, 4) is 0 Å². The number of Topliss-reactive ketones (excluding diaryl/α,β-unsaturated/α-hetero) is 2. The van der Waals surface area contributed by atoms with Crippen molar-refractivity contribution in [1.82, 2.24) is 4.98 Å². The van der Waals surface area contributed by atoms with Crippen LogP contribution < -0.4 is 4.72 Å². The Morgan fingerprint density at radius 1 is 1.17 bits per heavy atom. The molecule has 4 rings (SSSR count). The number of rotatable bonds is 5. The first-order valence-electron chi connectivity index (χ1n) is 9.64. The molecule has 0 bridgehead atoms. The van der Waals surface area contributed by atoms with Crippen molar-refractivity contribution in [2.45, 2.75) is 44.4 Å². The topological polar surface area (TPSA) is 96.1 Å². The average Bonchev–Trinajstić information content (AvgIpc) is 3.05. The second kappa shape index (κ2) is 7.15. The van der Waals surface area contributed by atoms with E-state index in [1.54, 1.807) is 24.3 Å². The Balaban J connectivity index is 1.81. The van der Waals surface area contributed by atoms with Crippen molar-refractivity contribution in [2.75, 3.05) is 4.72 Å². The van der Waals surface area contributed by atoms with Crippen LogP contribution in [0.25, 0.3) is 10.9 Å². The number of H-pyrrole nitrogens is 1. The number of aromatic amines is 1. The summed E-state index contributed by atoms with van der Waals surface area (Å²) in [6.45, 7) is 3.32.